The van der Waals surface area contributed by atoms with Crippen molar-refractivity contribution in [2.24, 2.45) is 5.73 Å². The molecule has 1 unspecified atom stereocenters. The van der Waals surface area contributed by atoms with Gasteiger partial charge in [0.05, 0.1) is 4.47 Å². The Morgan fingerprint density at radius 2 is 1.65 bits per heavy atom. The van der Waals surface area contributed by atoms with Crippen molar-refractivity contribution >= 4 is 15.9 Å². The SMILES string of the molecule is CC(N)(Cc1ccc(F)c(Br)c1)c1cc(F)cc(F)c1. The summed E-state index contributed by atoms with van der Waals surface area (Å²) in [5, 5.41) is 0. The van der Waals surface area contributed by atoms with Crippen LogP contribution in [0.15, 0.2) is 40.9 Å². The van der Waals surface area contributed by atoms with Gasteiger partial charge in [-0.1, -0.05) is 6.07 Å². The van der Waals surface area contributed by atoms with Crippen molar-refractivity contribution in [3.05, 3.63) is 69.4 Å². The minimum absolute atomic E-state index is 0.328. The Balaban J connectivity index is 2.32. The van der Waals surface area contributed by atoms with Gasteiger partial charge in [0.1, 0.15) is 17.5 Å². The van der Waals surface area contributed by atoms with Crippen molar-refractivity contribution < 1.29 is 13.2 Å². The molecular weight excluding hydrogens is 331 g/mol. The van der Waals surface area contributed by atoms with E-state index in [4.69, 9.17) is 5.73 Å². The molecule has 0 spiro atoms. The summed E-state index contributed by atoms with van der Waals surface area (Å²) in [6, 6.07) is 7.75. The largest absolute Gasteiger partial charge is 0.321 e. The Morgan fingerprint density at radius 1 is 1.05 bits per heavy atom. The monoisotopic (exact) mass is 343 g/mol. The Kier molecular flexibility index (Phi) is 4.20. The zero-order valence-corrected chi connectivity index (χ0v) is 12.3. The second-order valence-corrected chi connectivity index (χ2v) is 5.86. The first-order valence-corrected chi connectivity index (χ1v) is 6.76. The van der Waals surface area contributed by atoms with Gasteiger partial charge in [0.2, 0.25) is 0 Å². The molecule has 0 saturated heterocycles. The molecule has 0 aliphatic carbocycles. The van der Waals surface area contributed by atoms with E-state index in [1.165, 1.54) is 18.2 Å². The number of halogens is 4. The summed E-state index contributed by atoms with van der Waals surface area (Å²) in [5.41, 5.74) is 6.32. The van der Waals surface area contributed by atoms with E-state index >= 15 is 0 Å². The standard InChI is InChI=1S/C15H13BrF3N/c1-15(20,10-5-11(17)7-12(18)6-10)8-9-2-3-14(19)13(16)4-9/h2-7H,8,20H2,1H3. The number of rotatable bonds is 3. The molecule has 0 heterocycles. The average molecular weight is 344 g/mol. The summed E-state index contributed by atoms with van der Waals surface area (Å²) in [6.45, 7) is 1.68. The van der Waals surface area contributed by atoms with Gasteiger partial charge in [0.15, 0.2) is 0 Å². The number of nitrogens with two attached hydrogens (primary N) is 1. The highest BCUT2D eigenvalue weighted by Gasteiger charge is 2.23. The molecule has 1 nitrogen and oxygen atoms in total. The predicted molar refractivity (Wildman–Crippen MR) is 75.7 cm³/mol. The van der Waals surface area contributed by atoms with Crippen molar-refractivity contribution in [1.82, 2.24) is 0 Å². The van der Waals surface area contributed by atoms with Crippen molar-refractivity contribution in [2.75, 3.05) is 0 Å². The zero-order chi connectivity index (χ0) is 14.9. The van der Waals surface area contributed by atoms with Crippen molar-refractivity contribution in [2.45, 2.75) is 18.9 Å². The van der Waals surface area contributed by atoms with Crippen LogP contribution in [0.2, 0.25) is 0 Å². The van der Waals surface area contributed by atoms with E-state index < -0.39 is 17.2 Å². The van der Waals surface area contributed by atoms with Gasteiger partial charge in [-0.3, -0.25) is 0 Å². The minimum atomic E-state index is -0.958. The molecule has 0 aliphatic heterocycles. The summed E-state index contributed by atoms with van der Waals surface area (Å²) >= 11 is 3.10. The molecule has 1 atom stereocenters. The fourth-order valence-electron chi connectivity index (χ4n) is 2.06. The molecule has 2 rings (SSSR count). The molecule has 5 heteroatoms. The summed E-state index contributed by atoms with van der Waals surface area (Å²) in [5.74, 6) is -1.71. The topological polar surface area (TPSA) is 26.0 Å². The van der Waals surface area contributed by atoms with Crippen molar-refractivity contribution in [1.29, 1.82) is 0 Å². The van der Waals surface area contributed by atoms with Crippen LogP contribution in [-0.4, -0.2) is 0 Å². The van der Waals surface area contributed by atoms with Gasteiger partial charge in [-0.15, -0.1) is 0 Å². The van der Waals surface area contributed by atoms with Crippen LogP contribution in [0, 0.1) is 17.5 Å². The first-order valence-electron chi connectivity index (χ1n) is 5.97. The Hall–Kier alpha value is -1.33. The zero-order valence-electron chi connectivity index (χ0n) is 10.8. The van der Waals surface area contributed by atoms with E-state index in [0.29, 0.717) is 16.5 Å². The van der Waals surface area contributed by atoms with Gasteiger partial charge in [0.25, 0.3) is 0 Å². The van der Waals surface area contributed by atoms with Crippen LogP contribution in [0.3, 0.4) is 0 Å². The van der Waals surface area contributed by atoms with E-state index in [2.05, 4.69) is 15.9 Å². The molecular formula is C15H13BrF3N. The molecule has 20 heavy (non-hydrogen) atoms. The third-order valence-electron chi connectivity index (χ3n) is 3.08. The Labute approximate surface area is 123 Å². The maximum Gasteiger partial charge on any atom is 0.137 e. The van der Waals surface area contributed by atoms with Crippen molar-refractivity contribution in [3.8, 4) is 0 Å². The van der Waals surface area contributed by atoms with Crippen molar-refractivity contribution in [3.63, 3.8) is 0 Å². The molecule has 2 N–H and O–H groups in total. The molecule has 0 amide bonds. The smallest absolute Gasteiger partial charge is 0.137 e. The molecule has 0 aromatic heterocycles. The summed E-state index contributed by atoms with van der Waals surface area (Å²) in [6.07, 6.45) is 0.328. The van der Waals surface area contributed by atoms with E-state index in [1.807, 2.05) is 0 Å². The lowest BCUT2D eigenvalue weighted by Gasteiger charge is -2.25. The van der Waals surface area contributed by atoms with Gasteiger partial charge in [0, 0.05) is 11.6 Å². The molecule has 0 saturated carbocycles. The number of hydrogen-bond acceptors (Lipinski definition) is 1. The highest BCUT2D eigenvalue weighted by molar-refractivity contribution is 9.10. The lowest BCUT2D eigenvalue weighted by atomic mass is 9.86. The third-order valence-corrected chi connectivity index (χ3v) is 3.69. The molecule has 2 aromatic rings. The molecule has 0 bridgehead atoms. The van der Waals surface area contributed by atoms with Gasteiger partial charge in [-0.2, -0.15) is 0 Å². The lowest BCUT2D eigenvalue weighted by molar-refractivity contribution is 0.478. The molecule has 0 radical (unpaired) electrons. The van der Waals surface area contributed by atoms with Crippen LogP contribution in [0.5, 0.6) is 0 Å². The van der Waals surface area contributed by atoms with Crippen LogP contribution in [-0.2, 0) is 12.0 Å². The fraction of sp³-hybridized carbons (Fsp3) is 0.200. The quantitative estimate of drug-likeness (QED) is 0.884. The second-order valence-electron chi connectivity index (χ2n) is 5.00. The highest BCUT2D eigenvalue weighted by Crippen LogP contribution is 2.26. The van der Waals surface area contributed by atoms with Crippen LogP contribution in [0.4, 0.5) is 13.2 Å². The van der Waals surface area contributed by atoms with Gasteiger partial charge in [-0.05, 0) is 64.7 Å². The minimum Gasteiger partial charge on any atom is -0.321 e. The second kappa shape index (κ2) is 5.58. The molecule has 2 aromatic carbocycles. The Bertz CT molecular complexity index is 621. The summed E-state index contributed by atoms with van der Waals surface area (Å²) in [7, 11) is 0. The lowest BCUT2D eigenvalue weighted by Crippen LogP contribution is -2.35. The summed E-state index contributed by atoms with van der Waals surface area (Å²) in [4.78, 5) is 0. The average Bonchev–Trinajstić information content (AvgIpc) is 2.32. The molecule has 0 aliphatic rings. The van der Waals surface area contributed by atoms with Gasteiger partial charge < -0.3 is 5.73 Å². The first-order chi connectivity index (χ1) is 9.28. The predicted octanol–water partition coefficient (Wildman–Crippen LogP) is 4.28. The molecule has 106 valence electrons. The fourth-order valence-corrected chi connectivity index (χ4v) is 2.49. The van der Waals surface area contributed by atoms with Gasteiger partial charge >= 0.3 is 0 Å². The van der Waals surface area contributed by atoms with Crippen LogP contribution >= 0.6 is 15.9 Å². The summed E-state index contributed by atoms with van der Waals surface area (Å²) < 4.78 is 40.0. The van der Waals surface area contributed by atoms with Crippen LogP contribution in [0.1, 0.15) is 18.1 Å². The van der Waals surface area contributed by atoms with E-state index in [-0.39, 0.29) is 5.82 Å². The number of benzene rings is 2. The normalized spacial score (nSPS) is 14.1. The van der Waals surface area contributed by atoms with Crippen LogP contribution < -0.4 is 5.73 Å². The van der Waals surface area contributed by atoms with E-state index in [1.54, 1.807) is 19.1 Å². The highest BCUT2D eigenvalue weighted by atomic mass is 79.9. The van der Waals surface area contributed by atoms with E-state index in [0.717, 1.165) is 11.6 Å². The Morgan fingerprint density at radius 3 is 2.20 bits per heavy atom. The molecule has 0 fully saturated rings. The maximum atomic E-state index is 13.3. The number of hydrogen-bond donors (Lipinski definition) is 1. The first kappa shape index (κ1) is 15.1. The maximum absolute atomic E-state index is 13.3. The van der Waals surface area contributed by atoms with E-state index in [9.17, 15) is 13.2 Å². The third kappa shape index (κ3) is 3.41. The van der Waals surface area contributed by atoms with Gasteiger partial charge in [-0.25, -0.2) is 13.2 Å². The van der Waals surface area contributed by atoms with Crippen LogP contribution in [0.25, 0.3) is 0 Å².